The Bertz CT molecular complexity index is 843. The Morgan fingerprint density at radius 1 is 0.386 bits per heavy atom. The van der Waals surface area contributed by atoms with Crippen molar-refractivity contribution in [3.05, 3.63) is 0 Å². The maximum absolute atomic E-state index is 6.00. The third-order valence-electron chi connectivity index (χ3n) is 12.6. The molecule has 0 heterocycles. The summed E-state index contributed by atoms with van der Waals surface area (Å²) in [7, 11) is 0. The van der Waals surface area contributed by atoms with E-state index < -0.39 is 0 Å². The van der Waals surface area contributed by atoms with Crippen LogP contribution in [-0.2, 0) is 0 Å². The van der Waals surface area contributed by atoms with Crippen LogP contribution in [0.15, 0.2) is 9.98 Å². The van der Waals surface area contributed by atoms with Crippen LogP contribution in [0.5, 0.6) is 0 Å². The lowest BCUT2D eigenvalue weighted by Crippen LogP contribution is -2.60. The highest BCUT2D eigenvalue weighted by atomic mass is 15.4. The summed E-state index contributed by atoms with van der Waals surface area (Å²) in [6.07, 6.45) is 42.5. The molecule has 0 aromatic rings. The van der Waals surface area contributed by atoms with Crippen LogP contribution in [0, 0.1) is 0 Å². The van der Waals surface area contributed by atoms with Gasteiger partial charge >= 0.3 is 0 Å². The Hall–Kier alpha value is -1.26. The third kappa shape index (κ3) is 9.18. The molecule has 0 atom stereocenters. The second kappa shape index (κ2) is 17.6. The first-order chi connectivity index (χ1) is 21.8. The van der Waals surface area contributed by atoms with Crippen LogP contribution in [0.25, 0.3) is 0 Å². The van der Waals surface area contributed by atoms with Gasteiger partial charge in [0.1, 0.15) is 0 Å². The second-order valence-corrected chi connectivity index (χ2v) is 16.0. The minimum Gasteiger partial charge on any atom is -0.352 e. The quantitative estimate of drug-likeness (QED) is 0.186. The van der Waals surface area contributed by atoms with Crippen LogP contribution in [-0.4, -0.2) is 58.0 Å². The van der Waals surface area contributed by atoms with Gasteiger partial charge in [-0.3, -0.25) is 0 Å². The zero-order valence-corrected chi connectivity index (χ0v) is 28.7. The number of aliphatic imine (C=N–C) groups is 2. The van der Waals surface area contributed by atoms with Crippen molar-refractivity contribution in [3.8, 4) is 0 Å². The van der Waals surface area contributed by atoms with E-state index in [2.05, 4.69) is 15.1 Å². The number of nitrogens with one attached hydrogen (secondary N) is 1. The van der Waals surface area contributed by atoms with Gasteiger partial charge in [-0.05, 0) is 77.0 Å². The molecular weight excluding hydrogens is 538 g/mol. The number of hydrogen-bond acceptors (Lipinski definition) is 1. The molecule has 6 aliphatic carbocycles. The highest BCUT2D eigenvalue weighted by molar-refractivity contribution is 5.96. The van der Waals surface area contributed by atoms with E-state index in [-0.39, 0.29) is 0 Å². The summed E-state index contributed by atoms with van der Waals surface area (Å²) in [6, 6.07) is 3.64. The Balaban J connectivity index is 1.44. The van der Waals surface area contributed by atoms with Gasteiger partial charge in [0, 0.05) is 30.2 Å². The van der Waals surface area contributed by atoms with Crippen LogP contribution in [0.3, 0.4) is 0 Å². The molecule has 0 amide bonds. The molecule has 6 saturated carbocycles. The summed E-state index contributed by atoms with van der Waals surface area (Å²) in [5, 5.41) is 4.08. The predicted molar refractivity (Wildman–Crippen MR) is 188 cm³/mol. The summed E-state index contributed by atoms with van der Waals surface area (Å²) < 4.78 is 0. The van der Waals surface area contributed by atoms with Crippen molar-refractivity contribution >= 4 is 11.9 Å². The van der Waals surface area contributed by atoms with E-state index in [1.54, 1.807) is 0 Å². The standard InChI is InChI=1S/C39H69N5/c1-2-13-25-34(24-12-1)43(35-26-14-5-15-27-35)39(44(36-28-16-6-17-29-36)37-30-18-7-19-31-37)42-38(40-32-20-8-3-9-21-32)41-33-22-10-4-11-23-33/h32-37H,1-31H2,(H,40,41). The molecule has 5 nitrogen and oxygen atoms in total. The maximum Gasteiger partial charge on any atom is 0.221 e. The first-order valence-electron chi connectivity index (χ1n) is 20.3. The third-order valence-corrected chi connectivity index (χ3v) is 12.6. The number of rotatable bonds is 6. The van der Waals surface area contributed by atoms with E-state index in [0.29, 0.717) is 36.3 Å². The monoisotopic (exact) mass is 608 g/mol. The average molecular weight is 608 g/mol. The topological polar surface area (TPSA) is 43.2 Å². The SMILES string of the molecule is C1CCC(N=C(N=C(N(C2CCCCCC2)C2CCCCC2)N(C2CCCCC2)C2CCCCC2)NC2CCCCC2)CC1. The molecule has 44 heavy (non-hydrogen) atoms. The van der Waals surface area contributed by atoms with Crippen LogP contribution in [0.1, 0.15) is 199 Å². The van der Waals surface area contributed by atoms with Crippen molar-refractivity contribution < 1.29 is 0 Å². The number of guanidine groups is 2. The molecule has 250 valence electrons. The highest BCUT2D eigenvalue weighted by Crippen LogP contribution is 2.36. The predicted octanol–water partition coefficient (Wildman–Crippen LogP) is 10.3. The van der Waals surface area contributed by atoms with Crippen molar-refractivity contribution in [1.29, 1.82) is 0 Å². The van der Waals surface area contributed by atoms with E-state index in [0.717, 1.165) is 5.96 Å². The molecule has 0 aromatic heterocycles. The fourth-order valence-corrected chi connectivity index (χ4v) is 10.1. The van der Waals surface area contributed by atoms with Gasteiger partial charge < -0.3 is 15.1 Å². The van der Waals surface area contributed by atoms with Crippen LogP contribution in [0.4, 0.5) is 0 Å². The van der Waals surface area contributed by atoms with Crippen LogP contribution in [0.2, 0.25) is 0 Å². The van der Waals surface area contributed by atoms with Gasteiger partial charge in [0.2, 0.25) is 11.9 Å². The summed E-state index contributed by atoms with van der Waals surface area (Å²) >= 11 is 0. The van der Waals surface area contributed by atoms with Gasteiger partial charge in [-0.1, -0.05) is 122 Å². The van der Waals surface area contributed by atoms with Crippen molar-refractivity contribution in [2.45, 2.75) is 235 Å². The molecule has 0 aromatic carbocycles. The average Bonchev–Trinajstić information content (AvgIpc) is 3.37. The highest BCUT2D eigenvalue weighted by Gasteiger charge is 2.39. The Morgan fingerprint density at radius 2 is 0.705 bits per heavy atom. The molecule has 0 spiro atoms. The first kappa shape index (κ1) is 32.7. The van der Waals surface area contributed by atoms with Gasteiger partial charge in [0.05, 0.1) is 6.04 Å². The minimum atomic E-state index is 0.457. The zero-order chi connectivity index (χ0) is 29.8. The number of nitrogens with zero attached hydrogens (tertiary/aromatic N) is 4. The molecule has 0 saturated heterocycles. The molecule has 6 fully saturated rings. The zero-order valence-electron chi connectivity index (χ0n) is 28.7. The Morgan fingerprint density at radius 3 is 1.09 bits per heavy atom. The molecule has 6 rings (SSSR count). The van der Waals surface area contributed by atoms with Gasteiger partial charge in [-0.25, -0.2) is 4.99 Å². The van der Waals surface area contributed by atoms with Crippen LogP contribution < -0.4 is 5.32 Å². The lowest BCUT2D eigenvalue weighted by Gasteiger charge is -2.51. The first-order valence-corrected chi connectivity index (χ1v) is 20.3. The minimum absolute atomic E-state index is 0.457. The molecule has 0 aliphatic heterocycles. The van der Waals surface area contributed by atoms with Gasteiger partial charge in [0.25, 0.3) is 0 Å². The van der Waals surface area contributed by atoms with Gasteiger partial charge in [-0.2, -0.15) is 4.99 Å². The Labute approximate surface area is 271 Å². The van der Waals surface area contributed by atoms with E-state index in [1.807, 2.05) is 0 Å². The second-order valence-electron chi connectivity index (χ2n) is 16.0. The Kier molecular flexibility index (Phi) is 13.1. The number of hydrogen-bond donors (Lipinski definition) is 1. The maximum atomic E-state index is 6.00. The van der Waals surface area contributed by atoms with E-state index >= 15 is 0 Å². The molecule has 0 unspecified atom stereocenters. The van der Waals surface area contributed by atoms with Gasteiger partial charge in [0.15, 0.2) is 0 Å². The van der Waals surface area contributed by atoms with Crippen molar-refractivity contribution in [1.82, 2.24) is 15.1 Å². The van der Waals surface area contributed by atoms with Crippen LogP contribution >= 0.6 is 0 Å². The summed E-state index contributed by atoms with van der Waals surface area (Å²) in [5.41, 5.74) is 0. The largest absolute Gasteiger partial charge is 0.352 e. The van der Waals surface area contributed by atoms with E-state index in [4.69, 9.17) is 9.98 Å². The molecule has 0 bridgehead atoms. The molecule has 1 N–H and O–H groups in total. The fraction of sp³-hybridized carbons (Fsp3) is 0.949. The van der Waals surface area contributed by atoms with E-state index in [9.17, 15) is 0 Å². The van der Waals surface area contributed by atoms with Crippen molar-refractivity contribution in [2.24, 2.45) is 9.98 Å². The molecule has 6 aliphatic rings. The molecule has 5 heteroatoms. The normalized spacial score (nSPS) is 27.6. The van der Waals surface area contributed by atoms with Gasteiger partial charge in [-0.15, -0.1) is 0 Å². The lowest BCUT2D eigenvalue weighted by atomic mass is 9.88. The summed E-state index contributed by atoms with van der Waals surface area (Å²) in [5.74, 6) is 2.44. The lowest BCUT2D eigenvalue weighted by molar-refractivity contribution is 0.0996. The summed E-state index contributed by atoms with van der Waals surface area (Å²) in [4.78, 5) is 17.7. The van der Waals surface area contributed by atoms with Crippen molar-refractivity contribution in [3.63, 3.8) is 0 Å². The molecular formula is C39H69N5. The fourth-order valence-electron chi connectivity index (χ4n) is 10.1. The van der Waals surface area contributed by atoms with E-state index in [1.165, 1.54) is 205 Å². The smallest absolute Gasteiger partial charge is 0.221 e. The molecule has 0 radical (unpaired) electrons. The summed E-state index contributed by atoms with van der Waals surface area (Å²) in [6.45, 7) is 0. The van der Waals surface area contributed by atoms with Crippen molar-refractivity contribution in [2.75, 3.05) is 0 Å².